The second-order valence-corrected chi connectivity index (χ2v) is 3.95. The second-order valence-electron chi connectivity index (χ2n) is 3.95. The SMILES string of the molecule is COc1cccc(Nc2ccc(C)cc2N)c1. The molecule has 17 heavy (non-hydrogen) atoms. The molecule has 3 heteroatoms. The summed E-state index contributed by atoms with van der Waals surface area (Å²) < 4.78 is 5.17. The summed E-state index contributed by atoms with van der Waals surface area (Å²) in [6, 6.07) is 13.7. The molecule has 0 fully saturated rings. The molecule has 3 nitrogen and oxygen atoms in total. The minimum atomic E-state index is 0.743. The number of methoxy groups -OCH3 is 1. The van der Waals surface area contributed by atoms with Crippen LogP contribution in [0, 0.1) is 6.92 Å². The number of nitrogens with two attached hydrogens (primary N) is 1. The van der Waals surface area contributed by atoms with Gasteiger partial charge in [-0.2, -0.15) is 0 Å². The zero-order chi connectivity index (χ0) is 12.3. The molecular formula is C14H16N2O. The molecule has 0 unspecified atom stereocenters. The number of aryl methyl sites for hydroxylation is 1. The molecule has 2 rings (SSSR count). The first-order valence-corrected chi connectivity index (χ1v) is 5.46. The van der Waals surface area contributed by atoms with E-state index >= 15 is 0 Å². The van der Waals surface area contributed by atoms with Gasteiger partial charge in [0.15, 0.2) is 0 Å². The average molecular weight is 228 g/mol. The number of ether oxygens (including phenoxy) is 1. The van der Waals surface area contributed by atoms with E-state index in [0.717, 1.165) is 28.4 Å². The Morgan fingerprint density at radius 3 is 2.65 bits per heavy atom. The summed E-state index contributed by atoms with van der Waals surface area (Å²) in [7, 11) is 1.65. The van der Waals surface area contributed by atoms with Gasteiger partial charge in [0.1, 0.15) is 5.75 Å². The monoisotopic (exact) mass is 228 g/mol. The van der Waals surface area contributed by atoms with E-state index in [4.69, 9.17) is 10.5 Å². The van der Waals surface area contributed by atoms with Crippen LogP contribution in [0.1, 0.15) is 5.56 Å². The van der Waals surface area contributed by atoms with E-state index < -0.39 is 0 Å². The third-order valence-corrected chi connectivity index (χ3v) is 2.56. The molecule has 0 bridgehead atoms. The fourth-order valence-electron chi connectivity index (χ4n) is 1.65. The number of hydrogen-bond donors (Lipinski definition) is 2. The Bertz CT molecular complexity index is 523. The first kappa shape index (κ1) is 11.3. The maximum atomic E-state index is 5.95. The van der Waals surface area contributed by atoms with Gasteiger partial charge >= 0.3 is 0 Å². The van der Waals surface area contributed by atoms with E-state index in [2.05, 4.69) is 5.32 Å². The molecule has 0 aromatic heterocycles. The summed E-state index contributed by atoms with van der Waals surface area (Å²) in [6.45, 7) is 2.02. The molecule has 0 atom stereocenters. The van der Waals surface area contributed by atoms with E-state index in [0.29, 0.717) is 0 Å². The number of hydrogen-bond acceptors (Lipinski definition) is 3. The molecule has 0 radical (unpaired) electrons. The third-order valence-electron chi connectivity index (χ3n) is 2.56. The van der Waals surface area contributed by atoms with Crippen LogP contribution < -0.4 is 15.8 Å². The highest BCUT2D eigenvalue weighted by atomic mass is 16.5. The summed E-state index contributed by atoms with van der Waals surface area (Å²) in [5.74, 6) is 0.820. The van der Waals surface area contributed by atoms with E-state index in [9.17, 15) is 0 Å². The van der Waals surface area contributed by atoms with Crippen LogP contribution in [-0.2, 0) is 0 Å². The molecule has 88 valence electrons. The predicted octanol–water partition coefficient (Wildman–Crippen LogP) is 3.33. The van der Waals surface area contributed by atoms with Gasteiger partial charge in [0.2, 0.25) is 0 Å². The van der Waals surface area contributed by atoms with Crippen molar-refractivity contribution in [2.24, 2.45) is 0 Å². The zero-order valence-corrected chi connectivity index (χ0v) is 10.0. The summed E-state index contributed by atoms with van der Waals surface area (Å²) >= 11 is 0. The van der Waals surface area contributed by atoms with E-state index in [-0.39, 0.29) is 0 Å². The Balaban J connectivity index is 2.25. The first-order valence-electron chi connectivity index (χ1n) is 5.46. The Hall–Kier alpha value is -2.16. The van der Waals surface area contributed by atoms with E-state index in [1.807, 2.05) is 49.4 Å². The summed E-state index contributed by atoms with van der Waals surface area (Å²) in [4.78, 5) is 0. The number of nitrogen functional groups attached to an aromatic ring is 1. The molecule has 0 saturated heterocycles. The lowest BCUT2D eigenvalue weighted by Gasteiger charge is -2.10. The topological polar surface area (TPSA) is 47.3 Å². The maximum Gasteiger partial charge on any atom is 0.120 e. The highest BCUT2D eigenvalue weighted by molar-refractivity contribution is 5.73. The Kier molecular flexibility index (Phi) is 3.19. The van der Waals surface area contributed by atoms with Crippen molar-refractivity contribution in [2.75, 3.05) is 18.2 Å². The van der Waals surface area contributed by atoms with Gasteiger partial charge < -0.3 is 15.8 Å². The predicted molar refractivity (Wildman–Crippen MR) is 71.9 cm³/mol. The summed E-state index contributed by atoms with van der Waals surface area (Å²) in [5.41, 5.74) is 9.71. The van der Waals surface area contributed by atoms with Gasteiger partial charge in [0, 0.05) is 11.8 Å². The lowest BCUT2D eigenvalue weighted by atomic mass is 10.2. The molecule has 0 amide bonds. The molecule has 0 saturated carbocycles. The van der Waals surface area contributed by atoms with Crippen LogP contribution in [0.2, 0.25) is 0 Å². The summed E-state index contributed by atoms with van der Waals surface area (Å²) in [5, 5.41) is 3.27. The van der Waals surface area contributed by atoms with Crippen molar-refractivity contribution in [3.8, 4) is 5.75 Å². The van der Waals surface area contributed by atoms with Crippen molar-refractivity contribution < 1.29 is 4.74 Å². The van der Waals surface area contributed by atoms with Gasteiger partial charge in [-0.25, -0.2) is 0 Å². The number of anilines is 3. The minimum Gasteiger partial charge on any atom is -0.497 e. The molecule has 0 heterocycles. The first-order chi connectivity index (χ1) is 8.19. The fraction of sp³-hybridized carbons (Fsp3) is 0.143. The average Bonchev–Trinajstić information content (AvgIpc) is 2.33. The lowest BCUT2D eigenvalue weighted by Crippen LogP contribution is -1.96. The Labute approximate surface area is 101 Å². The van der Waals surface area contributed by atoms with Crippen molar-refractivity contribution in [1.82, 2.24) is 0 Å². The number of benzene rings is 2. The van der Waals surface area contributed by atoms with Crippen molar-refractivity contribution in [1.29, 1.82) is 0 Å². The van der Waals surface area contributed by atoms with E-state index in [1.165, 1.54) is 0 Å². The summed E-state index contributed by atoms with van der Waals surface area (Å²) in [6.07, 6.45) is 0. The molecule has 2 aromatic carbocycles. The molecule has 0 aliphatic rings. The molecule has 2 aromatic rings. The van der Waals surface area contributed by atoms with E-state index in [1.54, 1.807) is 7.11 Å². The normalized spacial score (nSPS) is 10.0. The van der Waals surface area contributed by atoms with Gasteiger partial charge in [-0.05, 0) is 36.8 Å². The van der Waals surface area contributed by atoms with Crippen LogP contribution in [0.25, 0.3) is 0 Å². The zero-order valence-electron chi connectivity index (χ0n) is 10.0. The Morgan fingerprint density at radius 2 is 1.94 bits per heavy atom. The standard InChI is InChI=1S/C14H16N2O/c1-10-6-7-14(13(15)8-10)16-11-4-3-5-12(9-11)17-2/h3-9,16H,15H2,1-2H3. The third kappa shape index (κ3) is 2.69. The van der Waals surface area contributed by atoms with Crippen LogP contribution in [0.15, 0.2) is 42.5 Å². The van der Waals surface area contributed by atoms with Crippen molar-refractivity contribution >= 4 is 17.1 Å². The Morgan fingerprint density at radius 1 is 1.12 bits per heavy atom. The smallest absolute Gasteiger partial charge is 0.120 e. The quantitative estimate of drug-likeness (QED) is 0.792. The van der Waals surface area contributed by atoms with Crippen LogP contribution >= 0.6 is 0 Å². The van der Waals surface area contributed by atoms with Crippen molar-refractivity contribution in [3.63, 3.8) is 0 Å². The second kappa shape index (κ2) is 4.78. The molecular weight excluding hydrogens is 212 g/mol. The maximum absolute atomic E-state index is 5.95. The van der Waals surface area contributed by atoms with Crippen LogP contribution in [0.5, 0.6) is 5.75 Å². The van der Waals surface area contributed by atoms with Gasteiger partial charge in [-0.15, -0.1) is 0 Å². The van der Waals surface area contributed by atoms with Gasteiger partial charge in [-0.1, -0.05) is 12.1 Å². The molecule has 0 spiro atoms. The van der Waals surface area contributed by atoms with Gasteiger partial charge in [-0.3, -0.25) is 0 Å². The van der Waals surface area contributed by atoms with Crippen LogP contribution in [0.3, 0.4) is 0 Å². The van der Waals surface area contributed by atoms with Crippen LogP contribution in [-0.4, -0.2) is 7.11 Å². The number of rotatable bonds is 3. The van der Waals surface area contributed by atoms with Crippen molar-refractivity contribution in [2.45, 2.75) is 6.92 Å². The largest absolute Gasteiger partial charge is 0.497 e. The van der Waals surface area contributed by atoms with Crippen LogP contribution in [0.4, 0.5) is 17.1 Å². The minimum absolute atomic E-state index is 0.743. The number of nitrogens with one attached hydrogen (secondary N) is 1. The highest BCUT2D eigenvalue weighted by Crippen LogP contribution is 2.25. The molecule has 0 aliphatic carbocycles. The highest BCUT2D eigenvalue weighted by Gasteiger charge is 2.00. The van der Waals surface area contributed by atoms with Gasteiger partial charge in [0.25, 0.3) is 0 Å². The van der Waals surface area contributed by atoms with Crippen molar-refractivity contribution in [3.05, 3.63) is 48.0 Å². The van der Waals surface area contributed by atoms with Gasteiger partial charge in [0.05, 0.1) is 18.5 Å². The fourth-order valence-corrected chi connectivity index (χ4v) is 1.65. The molecule has 3 N–H and O–H groups in total. The molecule has 0 aliphatic heterocycles. The lowest BCUT2D eigenvalue weighted by molar-refractivity contribution is 0.415.